The summed E-state index contributed by atoms with van der Waals surface area (Å²) in [6.45, 7) is 16.3. The molecule has 39 heavy (non-hydrogen) atoms. The Morgan fingerprint density at radius 3 is 2.23 bits per heavy atom. The van der Waals surface area contributed by atoms with E-state index in [1.165, 1.54) is 67.9 Å². The van der Waals surface area contributed by atoms with Gasteiger partial charge in [-0.3, -0.25) is 4.79 Å². The van der Waals surface area contributed by atoms with E-state index < -0.39 is 15.3 Å². The summed E-state index contributed by atoms with van der Waals surface area (Å²) in [6, 6.07) is 9.18. The number of sulfone groups is 1. The summed E-state index contributed by atoms with van der Waals surface area (Å²) in [5, 5.41) is 3.06. The van der Waals surface area contributed by atoms with E-state index in [0.29, 0.717) is 18.0 Å². The quantitative estimate of drug-likeness (QED) is 0.357. The van der Waals surface area contributed by atoms with E-state index in [9.17, 15) is 13.2 Å². The SMILES string of the molecule is Cc1c(C(=O)NCC(C)(C)CS(C)(=O)=O)cc(-c2cc(C(C)(C)C)cc(C3(C)CC3)c2)n1CC1CCCCC1. The summed E-state index contributed by atoms with van der Waals surface area (Å²) in [5.74, 6) is 0.535. The summed E-state index contributed by atoms with van der Waals surface area (Å²) < 4.78 is 26.2. The second-order valence-corrected chi connectivity index (χ2v) is 16.8. The van der Waals surface area contributed by atoms with E-state index in [2.05, 4.69) is 68.8 Å². The molecule has 1 N–H and O–H groups in total. The lowest BCUT2D eigenvalue weighted by molar-refractivity contribution is 0.0938. The van der Waals surface area contributed by atoms with E-state index in [0.717, 1.165) is 17.9 Å². The van der Waals surface area contributed by atoms with Gasteiger partial charge in [-0.2, -0.15) is 0 Å². The van der Waals surface area contributed by atoms with Gasteiger partial charge in [0.15, 0.2) is 0 Å². The number of hydrogen-bond acceptors (Lipinski definition) is 3. The Balaban J connectivity index is 1.74. The predicted molar refractivity (Wildman–Crippen MR) is 162 cm³/mol. The lowest BCUT2D eigenvalue weighted by Gasteiger charge is -2.26. The van der Waals surface area contributed by atoms with Crippen molar-refractivity contribution in [2.24, 2.45) is 11.3 Å². The monoisotopic (exact) mass is 554 g/mol. The second-order valence-electron chi connectivity index (χ2n) is 14.7. The molecule has 5 nitrogen and oxygen atoms in total. The van der Waals surface area contributed by atoms with Gasteiger partial charge in [-0.1, -0.05) is 66.9 Å². The van der Waals surface area contributed by atoms with Crippen molar-refractivity contribution in [1.29, 1.82) is 0 Å². The molecule has 6 heteroatoms. The summed E-state index contributed by atoms with van der Waals surface area (Å²) in [4.78, 5) is 13.6. The van der Waals surface area contributed by atoms with Gasteiger partial charge in [0.1, 0.15) is 9.84 Å². The Morgan fingerprint density at radius 1 is 1.03 bits per heavy atom. The number of benzene rings is 1. The molecule has 0 saturated heterocycles. The van der Waals surface area contributed by atoms with Crippen LogP contribution in [0, 0.1) is 18.3 Å². The zero-order valence-corrected chi connectivity index (χ0v) is 26.4. The summed E-state index contributed by atoms with van der Waals surface area (Å²) in [6.07, 6.45) is 10.1. The molecule has 0 atom stereocenters. The van der Waals surface area contributed by atoms with Gasteiger partial charge in [0.25, 0.3) is 5.91 Å². The lowest BCUT2D eigenvalue weighted by atomic mass is 9.82. The first-order chi connectivity index (χ1) is 18.0. The van der Waals surface area contributed by atoms with Crippen molar-refractivity contribution in [2.75, 3.05) is 18.6 Å². The smallest absolute Gasteiger partial charge is 0.253 e. The Labute approximate surface area is 237 Å². The minimum atomic E-state index is -3.14. The van der Waals surface area contributed by atoms with Crippen LogP contribution in [0.5, 0.6) is 0 Å². The summed E-state index contributed by atoms with van der Waals surface area (Å²) in [5.41, 5.74) is 6.47. The van der Waals surface area contributed by atoms with Crippen LogP contribution in [-0.2, 0) is 27.2 Å². The first-order valence-corrected chi connectivity index (χ1v) is 16.9. The third kappa shape index (κ3) is 7.36. The first kappa shape index (κ1) is 29.9. The average Bonchev–Trinajstić information content (AvgIpc) is 3.50. The fraction of sp³-hybridized carbons (Fsp3) is 0.667. The third-order valence-corrected chi connectivity index (χ3v) is 10.3. The van der Waals surface area contributed by atoms with Gasteiger partial charge in [0.2, 0.25) is 0 Å². The van der Waals surface area contributed by atoms with Crippen molar-refractivity contribution < 1.29 is 13.2 Å². The number of amides is 1. The van der Waals surface area contributed by atoms with Gasteiger partial charge < -0.3 is 9.88 Å². The molecule has 2 aliphatic carbocycles. The molecule has 2 aliphatic rings. The minimum absolute atomic E-state index is 0.0250. The van der Waals surface area contributed by atoms with E-state index in [1.807, 2.05) is 13.8 Å². The fourth-order valence-corrected chi connectivity index (χ4v) is 7.71. The van der Waals surface area contributed by atoms with Crippen molar-refractivity contribution in [3.8, 4) is 11.3 Å². The van der Waals surface area contributed by atoms with E-state index >= 15 is 0 Å². The topological polar surface area (TPSA) is 68.2 Å². The summed E-state index contributed by atoms with van der Waals surface area (Å²) >= 11 is 0. The molecule has 2 fully saturated rings. The second kappa shape index (κ2) is 10.7. The first-order valence-electron chi connectivity index (χ1n) is 14.8. The molecule has 0 aliphatic heterocycles. The molecule has 4 rings (SSSR count). The fourth-order valence-electron chi connectivity index (χ4n) is 6.19. The highest BCUT2D eigenvalue weighted by Gasteiger charge is 2.40. The molecule has 0 radical (unpaired) electrons. The zero-order valence-electron chi connectivity index (χ0n) is 25.5. The number of carbonyl (C=O) groups is 1. The minimum Gasteiger partial charge on any atom is -0.351 e. The molecule has 2 saturated carbocycles. The number of nitrogens with one attached hydrogen (secondary N) is 1. The van der Waals surface area contributed by atoms with Gasteiger partial charge >= 0.3 is 0 Å². The zero-order chi connectivity index (χ0) is 28.8. The molecule has 216 valence electrons. The predicted octanol–water partition coefficient (Wildman–Crippen LogP) is 7.19. The third-order valence-electron chi connectivity index (χ3n) is 8.95. The number of carbonyl (C=O) groups excluding carboxylic acids is 1. The Morgan fingerprint density at radius 2 is 1.67 bits per heavy atom. The Bertz CT molecular complexity index is 1290. The van der Waals surface area contributed by atoms with Crippen molar-refractivity contribution in [2.45, 2.75) is 111 Å². The molecular formula is C33H50N2O3S. The van der Waals surface area contributed by atoms with Crippen LogP contribution < -0.4 is 5.32 Å². The van der Waals surface area contributed by atoms with Crippen LogP contribution in [0.25, 0.3) is 11.3 Å². The van der Waals surface area contributed by atoms with Gasteiger partial charge in [-0.25, -0.2) is 8.42 Å². The van der Waals surface area contributed by atoms with E-state index in [-0.39, 0.29) is 22.5 Å². The van der Waals surface area contributed by atoms with E-state index in [4.69, 9.17) is 0 Å². The van der Waals surface area contributed by atoms with Gasteiger partial charge in [0, 0.05) is 30.7 Å². The number of nitrogens with zero attached hydrogens (tertiary/aromatic N) is 1. The highest BCUT2D eigenvalue weighted by molar-refractivity contribution is 7.90. The molecule has 2 aromatic rings. The van der Waals surface area contributed by atoms with Crippen LogP contribution in [0.2, 0.25) is 0 Å². The Kier molecular flexibility index (Phi) is 8.22. The van der Waals surface area contributed by atoms with Crippen molar-refractivity contribution in [1.82, 2.24) is 9.88 Å². The van der Waals surface area contributed by atoms with Crippen LogP contribution in [0.3, 0.4) is 0 Å². The van der Waals surface area contributed by atoms with E-state index in [1.54, 1.807) is 0 Å². The van der Waals surface area contributed by atoms with Gasteiger partial charge in [0.05, 0.1) is 11.3 Å². The van der Waals surface area contributed by atoms with Crippen LogP contribution in [0.1, 0.15) is 114 Å². The number of rotatable bonds is 9. The molecule has 0 spiro atoms. The normalized spacial score (nSPS) is 18.3. The lowest BCUT2D eigenvalue weighted by Crippen LogP contribution is -2.38. The molecule has 0 unspecified atom stereocenters. The van der Waals surface area contributed by atoms with Gasteiger partial charge in [-0.15, -0.1) is 0 Å². The van der Waals surface area contributed by atoms with Gasteiger partial charge in [-0.05, 0) is 89.7 Å². The molecule has 1 amide bonds. The number of aromatic nitrogens is 1. The molecular weight excluding hydrogens is 504 g/mol. The van der Waals surface area contributed by atoms with Crippen molar-refractivity contribution >= 4 is 15.7 Å². The standard InChI is InChI=1S/C33H50N2O3S/c1-23-28(30(36)34-21-32(5,6)22-39(8,37)38)19-29(35(23)20-24-12-10-9-11-13-24)25-16-26(31(2,3)4)18-27(17-25)33(7)14-15-33/h16-19,24H,9-15,20-22H2,1-8H3,(H,34,36). The largest absolute Gasteiger partial charge is 0.351 e. The van der Waals surface area contributed by atoms with Crippen LogP contribution in [0.4, 0.5) is 0 Å². The maximum Gasteiger partial charge on any atom is 0.253 e. The van der Waals surface area contributed by atoms with Crippen molar-refractivity contribution in [3.63, 3.8) is 0 Å². The molecule has 1 heterocycles. The van der Waals surface area contributed by atoms with Crippen LogP contribution in [0.15, 0.2) is 24.3 Å². The molecule has 0 bridgehead atoms. The molecule has 1 aromatic heterocycles. The average molecular weight is 555 g/mol. The highest BCUT2D eigenvalue weighted by atomic mass is 32.2. The highest BCUT2D eigenvalue weighted by Crippen LogP contribution is 2.49. The number of hydrogen-bond donors (Lipinski definition) is 1. The Hall–Kier alpha value is -2.08. The van der Waals surface area contributed by atoms with Crippen molar-refractivity contribution in [3.05, 3.63) is 46.6 Å². The maximum atomic E-state index is 13.6. The summed E-state index contributed by atoms with van der Waals surface area (Å²) in [7, 11) is -3.14. The molecule has 1 aromatic carbocycles. The van der Waals surface area contributed by atoms with Crippen LogP contribution in [-0.4, -0.2) is 37.4 Å². The van der Waals surface area contributed by atoms with Crippen LogP contribution >= 0.6 is 0 Å². The maximum absolute atomic E-state index is 13.6.